The molecule has 0 amide bonds. The number of aliphatic imine (C=N–C) groups is 1. The normalized spacial score (nSPS) is 11.1. The lowest BCUT2D eigenvalue weighted by Gasteiger charge is -1.94. The van der Waals surface area contributed by atoms with Crippen molar-refractivity contribution in [1.29, 1.82) is 0 Å². The molecule has 3 rings (SSSR count). The topological polar surface area (TPSA) is 71.5 Å². The highest BCUT2D eigenvalue weighted by atomic mass is 79.9. The third-order valence-electron chi connectivity index (χ3n) is 2.69. The van der Waals surface area contributed by atoms with E-state index in [1.807, 2.05) is 30.3 Å². The quantitative estimate of drug-likeness (QED) is 0.730. The summed E-state index contributed by atoms with van der Waals surface area (Å²) in [4.78, 5) is 12.4. The molecular formula is C15H10BrN3O2. The smallest absolute Gasteiger partial charge is 0.312 e. The molecular weight excluding hydrogens is 334 g/mol. The van der Waals surface area contributed by atoms with E-state index in [-0.39, 0.29) is 11.6 Å². The van der Waals surface area contributed by atoms with Crippen LogP contribution < -0.4 is 0 Å². The van der Waals surface area contributed by atoms with Crippen LogP contribution in [0.4, 0.5) is 5.82 Å². The maximum absolute atomic E-state index is 9.78. The van der Waals surface area contributed by atoms with Crippen molar-refractivity contribution in [2.75, 3.05) is 0 Å². The highest BCUT2D eigenvalue weighted by Crippen LogP contribution is 2.26. The Morgan fingerprint density at radius 2 is 1.95 bits per heavy atom. The second kappa shape index (κ2) is 5.88. The Morgan fingerprint density at radius 3 is 2.67 bits per heavy atom. The van der Waals surface area contributed by atoms with Crippen LogP contribution in [0.3, 0.4) is 0 Å². The van der Waals surface area contributed by atoms with E-state index in [0.717, 1.165) is 10.0 Å². The third kappa shape index (κ3) is 3.17. The molecule has 0 atom stereocenters. The van der Waals surface area contributed by atoms with E-state index in [1.165, 1.54) is 6.21 Å². The lowest BCUT2D eigenvalue weighted by Crippen LogP contribution is -1.83. The summed E-state index contributed by atoms with van der Waals surface area (Å²) in [6, 6.07) is 12.8. The number of aromatic hydroxyl groups is 1. The maximum atomic E-state index is 9.78. The Labute approximate surface area is 129 Å². The highest BCUT2D eigenvalue weighted by Gasteiger charge is 2.12. The van der Waals surface area contributed by atoms with Crippen molar-refractivity contribution < 1.29 is 9.52 Å². The molecule has 0 aliphatic heterocycles. The predicted octanol–water partition coefficient (Wildman–Crippen LogP) is 3.96. The lowest BCUT2D eigenvalue weighted by atomic mass is 10.2. The predicted molar refractivity (Wildman–Crippen MR) is 82.8 cm³/mol. The number of benzene rings is 1. The van der Waals surface area contributed by atoms with Gasteiger partial charge in [0.15, 0.2) is 11.5 Å². The van der Waals surface area contributed by atoms with Gasteiger partial charge in [-0.2, -0.15) is 0 Å². The molecule has 5 nitrogen and oxygen atoms in total. The van der Waals surface area contributed by atoms with Crippen LogP contribution >= 0.6 is 15.9 Å². The van der Waals surface area contributed by atoms with Crippen molar-refractivity contribution in [1.82, 2.24) is 9.97 Å². The number of oxazole rings is 1. The van der Waals surface area contributed by atoms with E-state index < -0.39 is 0 Å². The number of hydrogen-bond donors (Lipinski definition) is 1. The molecule has 0 aliphatic rings. The summed E-state index contributed by atoms with van der Waals surface area (Å²) < 4.78 is 6.20. The van der Waals surface area contributed by atoms with Gasteiger partial charge in [0.1, 0.15) is 0 Å². The zero-order valence-electron chi connectivity index (χ0n) is 10.8. The molecule has 6 heteroatoms. The first kappa shape index (κ1) is 13.5. The van der Waals surface area contributed by atoms with Gasteiger partial charge in [-0.1, -0.05) is 22.0 Å². The van der Waals surface area contributed by atoms with Crippen LogP contribution in [0.25, 0.3) is 11.5 Å². The van der Waals surface area contributed by atoms with Crippen molar-refractivity contribution in [3.63, 3.8) is 0 Å². The minimum Gasteiger partial charge on any atom is -0.479 e. The van der Waals surface area contributed by atoms with E-state index >= 15 is 0 Å². The highest BCUT2D eigenvalue weighted by molar-refractivity contribution is 9.10. The molecule has 0 saturated heterocycles. The van der Waals surface area contributed by atoms with Crippen LogP contribution in [0.1, 0.15) is 5.69 Å². The maximum Gasteiger partial charge on any atom is 0.312 e. The van der Waals surface area contributed by atoms with Crippen LogP contribution in [-0.4, -0.2) is 21.3 Å². The van der Waals surface area contributed by atoms with Crippen molar-refractivity contribution >= 4 is 28.0 Å². The molecule has 3 aromatic rings. The SMILES string of the molecule is Oc1oc(-c2ccc(Br)cc2)nc1/C=N/c1ccccn1. The standard InChI is InChI=1S/C15H10BrN3O2/c16-11-6-4-10(5-7-11)14-19-12(15(20)21-14)9-18-13-3-1-2-8-17-13/h1-9,20H/b18-9+. The van der Waals surface area contributed by atoms with Crippen molar-refractivity contribution in [2.24, 2.45) is 4.99 Å². The molecule has 21 heavy (non-hydrogen) atoms. The average molecular weight is 344 g/mol. The van der Waals surface area contributed by atoms with Crippen LogP contribution in [0.2, 0.25) is 0 Å². The fraction of sp³-hybridized carbons (Fsp3) is 0. The van der Waals surface area contributed by atoms with Crippen LogP contribution in [0.5, 0.6) is 5.95 Å². The molecule has 0 saturated carbocycles. The molecule has 1 aromatic carbocycles. The Hall–Kier alpha value is -2.47. The first-order chi connectivity index (χ1) is 10.2. The fourth-order valence-electron chi connectivity index (χ4n) is 1.68. The molecule has 0 unspecified atom stereocenters. The summed E-state index contributed by atoms with van der Waals surface area (Å²) in [5, 5.41) is 9.78. The minimum absolute atomic E-state index is 0.263. The molecule has 1 N–H and O–H groups in total. The summed E-state index contributed by atoms with van der Waals surface area (Å²) in [6.45, 7) is 0. The number of halogens is 1. The van der Waals surface area contributed by atoms with E-state index in [1.54, 1.807) is 18.3 Å². The zero-order valence-corrected chi connectivity index (χ0v) is 12.4. The molecule has 0 spiro atoms. The zero-order chi connectivity index (χ0) is 14.7. The monoisotopic (exact) mass is 343 g/mol. The van der Waals surface area contributed by atoms with E-state index in [2.05, 4.69) is 30.9 Å². The molecule has 0 fully saturated rings. The number of rotatable bonds is 3. The summed E-state index contributed by atoms with van der Waals surface area (Å²) in [7, 11) is 0. The second-order valence-corrected chi connectivity index (χ2v) is 5.08. The summed E-state index contributed by atoms with van der Waals surface area (Å²) in [6.07, 6.45) is 3.06. The van der Waals surface area contributed by atoms with Crippen LogP contribution in [0, 0.1) is 0 Å². The molecule has 104 valence electrons. The van der Waals surface area contributed by atoms with Crippen molar-refractivity contribution in [2.45, 2.75) is 0 Å². The number of pyridine rings is 1. The van der Waals surface area contributed by atoms with E-state index in [9.17, 15) is 5.11 Å². The number of hydrogen-bond acceptors (Lipinski definition) is 5. The van der Waals surface area contributed by atoms with Gasteiger partial charge in [0.25, 0.3) is 0 Å². The van der Waals surface area contributed by atoms with E-state index in [0.29, 0.717) is 11.7 Å². The Morgan fingerprint density at radius 1 is 1.14 bits per heavy atom. The van der Waals surface area contributed by atoms with Gasteiger partial charge in [-0.3, -0.25) is 0 Å². The lowest BCUT2D eigenvalue weighted by molar-refractivity contribution is 0.337. The first-order valence-corrected chi connectivity index (χ1v) is 6.92. The molecule has 0 radical (unpaired) electrons. The molecule has 2 heterocycles. The van der Waals surface area contributed by atoms with Gasteiger partial charge in [0.05, 0.1) is 6.21 Å². The van der Waals surface area contributed by atoms with E-state index in [4.69, 9.17) is 4.42 Å². The third-order valence-corrected chi connectivity index (χ3v) is 3.22. The molecule has 0 aliphatic carbocycles. The largest absolute Gasteiger partial charge is 0.479 e. The average Bonchev–Trinajstić information content (AvgIpc) is 2.88. The van der Waals surface area contributed by atoms with Gasteiger partial charge in [0, 0.05) is 16.2 Å². The Kier molecular flexibility index (Phi) is 3.79. The van der Waals surface area contributed by atoms with Gasteiger partial charge in [-0.25, -0.2) is 15.0 Å². The molecule has 2 aromatic heterocycles. The Balaban J connectivity index is 1.88. The van der Waals surface area contributed by atoms with Gasteiger partial charge < -0.3 is 9.52 Å². The first-order valence-electron chi connectivity index (χ1n) is 6.13. The van der Waals surface area contributed by atoms with Crippen LogP contribution in [0.15, 0.2) is 62.5 Å². The number of nitrogens with zero attached hydrogens (tertiary/aromatic N) is 3. The van der Waals surface area contributed by atoms with Crippen molar-refractivity contribution in [3.8, 4) is 17.4 Å². The van der Waals surface area contributed by atoms with Gasteiger partial charge >= 0.3 is 5.95 Å². The van der Waals surface area contributed by atoms with Gasteiger partial charge in [-0.05, 0) is 36.4 Å². The van der Waals surface area contributed by atoms with Gasteiger partial charge in [-0.15, -0.1) is 0 Å². The van der Waals surface area contributed by atoms with Crippen molar-refractivity contribution in [3.05, 3.63) is 58.8 Å². The number of aromatic nitrogens is 2. The minimum atomic E-state index is -0.271. The Bertz CT molecular complexity index is 767. The summed E-state index contributed by atoms with van der Waals surface area (Å²) in [5.41, 5.74) is 1.03. The van der Waals surface area contributed by atoms with Crippen LogP contribution in [-0.2, 0) is 0 Å². The second-order valence-electron chi connectivity index (χ2n) is 4.16. The summed E-state index contributed by atoms with van der Waals surface area (Å²) in [5.74, 6) is 0.597. The fourth-order valence-corrected chi connectivity index (χ4v) is 1.95. The molecule has 0 bridgehead atoms. The summed E-state index contributed by atoms with van der Waals surface area (Å²) >= 11 is 3.36. The van der Waals surface area contributed by atoms with Gasteiger partial charge in [0.2, 0.25) is 5.89 Å².